The number of rotatable bonds is 7. The minimum absolute atomic E-state index is 0.279. The fourth-order valence-corrected chi connectivity index (χ4v) is 3.13. The van der Waals surface area contributed by atoms with Gasteiger partial charge in [0.25, 0.3) is 0 Å². The van der Waals surface area contributed by atoms with Crippen LogP contribution in [0.15, 0.2) is 30.3 Å². The molecule has 1 unspecified atom stereocenters. The zero-order valence-electron chi connectivity index (χ0n) is 13.9. The molecule has 1 aromatic rings. The molecule has 1 aliphatic rings. The number of benzene rings is 1. The fraction of sp³-hybridized carbons (Fsp3) is 0.611. The number of hydrogen-bond acceptors (Lipinski definition) is 3. The Kier molecular flexibility index (Phi) is 6.87. The van der Waals surface area contributed by atoms with Gasteiger partial charge in [-0.15, -0.1) is 0 Å². The Bertz CT molecular complexity index is 449. The normalized spacial score (nSPS) is 19.1. The number of amides is 1. The molecule has 1 amide bonds. The standard InChI is InChI=1S/C18H29N3O/c1-19-12-6-11-18(22)20(2)17-10-7-13-21(15-17)14-16-8-4-3-5-9-16/h3-5,8-9,17,19H,6-7,10-15H2,1-2H3. The maximum absolute atomic E-state index is 12.3. The van der Waals surface area contributed by atoms with Crippen LogP contribution in [0.2, 0.25) is 0 Å². The van der Waals surface area contributed by atoms with Crippen LogP contribution in [0, 0.1) is 0 Å². The zero-order chi connectivity index (χ0) is 15.8. The Morgan fingerprint density at radius 1 is 1.36 bits per heavy atom. The first-order valence-corrected chi connectivity index (χ1v) is 8.37. The summed E-state index contributed by atoms with van der Waals surface area (Å²) >= 11 is 0. The van der Waals surface area contributed by atoms with E-state index in [0.717, 1.165) is 39.0 Å². The van der Waals surface area contributed by atoms with Crippen molar-refractivity contribution in [3.63, 3.8) is 0 Å². The molecule has 0 aliphatic carbocycles. The van der Waals surface area contributed by atoms with Gasteiger partial charge in [-0.3, -0.25) is 9.69 Å². The summed E-state index contributed by atoms with van der Waals surface area (Å²) in [4.78, 5) is 16.7. The van der Waals surface area contributed by atoms with Gasteiger partial charge in [0.05, 0.1) is 0 Å². The van der Waals surface area contributed by atoms with Crippen LogP contribution >= 0.6 is 0 Å². The van der Waals surface area contributed by atoms with Gasteiger partial charge in [0.1, 0.15) is 0 Å². The third-order valence-corrected chi connectivity index (χ3v) is 4.49. The molecule has 4 heteroatoms. The van der Waals surface area contributed by atoms with Gasteiger partial charge < -0.3 is 10.2 Å². The lowest BCUT2D eigenvalue weighted by Crippen LogP contribution is -2.48. The van der Waals surface area contributed by atoms with Crippen LogP contribution in [0.4, 0.5) is 0 Å². The summed E-state index contributed by atoms with van der Waals surface area (Å²) in [5, 5.41) is 3.10. The van der Waals surface area contributed by atoms with Crippen molar-refractivity contribution in [2.75, 3.05) is 33.7 Å². The van der Waals surface area contributed by atoms with Gasteiger partial charge in [-0.05, 0) is 45.0 Å². The summed E-state index contributed by atoms with van der Waals surface area (Å²) in [6.45, 7) is 4.01. The molecular weight excluding hydrogens is 274 g/mol. The number of likely N-dealkylation sites (tertiary alicyclic amines) is 1. The van der Waals surface area contributed by atoms with Gasteiger partial charge in [-0.25, -0.2) is 0 Å². The van der Waals surface area contributed by atoms with Crippen LogP contribution in [0.3, 0.4) is 0 Å². The third-order valence-electron chi connectivity index (χ3n) is 4.49. The van der Waals surface area contributed by atoms with E-state index in [1.54, 1.807) is 0 Å². The average molecular weight is 303 g/mol. The van der Waals surface area contributed by atoms with E-state index < -0.39 is 0 Å². The Labute approximate surface area is 134 Å². The van der Waals surface area contributed by atoms with Crippen LogP contribution in [-0.4, -0.2) is 55.5 Å². The summed E-state index contributed by atoms with van der Waals surface area (Å²) in [5.41, 5.74) is 1.35. The van der Waals surface area contributed by atoms with Gasteiger partial charge in [-0.2, -0.15) is 0 Å². The molecule has 1 aliphatic heterocycles. The highest BCUT2D eigenvalue weighted by atomic mass is 16.2. The quantitative estimate of drug-likeness (QED) is 0.784. The van der Waals surface area contributed by atoms with Gasteiger partial charge in [0.2, 0.25) is 5.91 Å². The minimum Gasteiger partial charge on any atom is -0.341 e. The molecule has 4 nitrogen and oxygen atoms in total. The SMILES string of the molecule is CNCCCC(=O)N(C)C1CCCN(Cc2ccccc2)C1. The molecular formula is C18H29N3O. The van der Waals surface area contributed by atoms with E-state index in [9.17, 15) is 4.79 Å². The Morgan fingerprint density at radius 3 is 2.86 bits per heavy atom. The monoisotopic (exact) mass is 303 g/mol. The van der Waals surface area contributed by atoms with Crippen LogP contribution in [0.5, 0.6) is 0 Å². The molecule has 0 spiro atoms. The second-order valence-electron chi connectivity index (χ2n) is 6.23. The van der Waals surface area contributed by atoms with Crippen molar-refractivity contribution in [3.8, 4) is 0 Å². The van der Waals surface area contributed by atoms with E-state index in [1.165, 1.54) is 12.0 Å². The highest BCUT2D eigenvalue weighted by Crippen LogP contribution is 2.18. The molecule has 1 aromatic carbocycles. The summed E-state index contributed by atoms with van der Waals surface area (Å²) in [6.07, 6.45) is 3.86. The van der Waals surface area contributed by atoms with Crippen LogP contribution in [0.25, 0.3) is 0 Å². The van der Waals surface area contributed by atoms with Crippen molar-refractivity contribution in [1.29, 1.82) is 0 Å². The van der Waals surface area contributed by atoms with E-state index >= 15 is 0 Å². The van der Waals surface area contributed by atoms with Gasteiger partial charge in [-0.1, -0.05) is 30.3 Å². The average Bonchev–Trinajstić information content (AvgIpc) is 2.55. The first kappa shape index (κ1) is 17.0. The Hall–Kier alpha value is -1.39. The lowest BCUT2D eigenvalue weighted by atomic mass is 10.0. The third kappa shape index (κ3) is 5.11. The van der Waals surface area contributed by atoms with Crippen LogP contribution in [-0.2, 0) is 11.3 Å². The molecule has 0 aromatic heterocycles. The lowest BCUT2D eigenvalue weighted by Gasteiger charge is -2.37. The van der Waals surface area contributed by atoms with E-state index in [2.05, 4.69) is 40.5 Å². The first-order chi connectivity index (χ1) is 10.7. The van der Waals surface area contributed by atoms with Gasteiger partial charge >= 0.3 is 0 Å². The number of carbonyl (C=O) groups is 1. The number of carbonyl (C=O) groups excluding carboxylic acids is 1. The number of hydrogen-bond donors (Lipinski definition) is 1. The smallest absolute Gasteiger partial charge is 0.222 e. The van der Waals surface area contributed by atoms with E-state index in [0.29, 0.717) is 12.5 Å². The minimum atomic E-state index is 0.279. The molecule has 122 valence electrons. The highest BCUT2D eigenvalue weighted by Gasteiger charge is 2.25. The van der Waals surface area contributed by atoms with E-state index in [1.807, 2.05) is 19.0 Å². The molecule has 0 radical (unpaired) electrons. The molecule has 0 saturated carbocycles. The highest BCUT2D eigenvalue weighted by molar-refractivity contribution is 5.76. The Morgan fingerprint density at radius 2 is 2.14 bits per heavy atom. The largest absolute Gasteiger partial charge is 0.341 e. The maximum Gasteiger partial charge on any atom is 0.222 e. The molecule has 0 bridgehead atoms. The van der Waals surface area contributed by atoms with Crippen LogP contribution in [0.1, 0.15) is 31.2 Å². The lowest BCUT2D eigenvalue weighted by molar-refractivity contribution is -0.133. The summed E-state index contributed by atoms with van der Waals surface area (Å²) < 4.78 is 0. The predicted octanol–water partition coefficient (Wildman–Crippen LogP) is 2.11. The summed E-state index contributed by atoms with van der Waals surface area (Å²) in [7, 11) is 3.90. The molecule has 1 N–H and O–H groups in total. The van der Waals surface area contributed by atoms with Crippen molar-refractivity contribution >= 4 is 5.91 Å². The first-order valence-electron chi connectivity index (χ1n) is 8.37. The van der Waals surface area contributed by atoms with Gasteiger partial charge in [0, 0.05) is 32.6 Å². The second-order valence-corrected chi connectivity index (χ2v) is 6.23. The van der Waals surface area contributed by atoms with Crippen molar-refractivity contribution in [2.45, 2.75) is 38.3 Å². The molecule has 22 heavy (non-hydrogen) atoms. The fourth-order valence-electron chi connectivity index (χ4n) is 3.13. The molecule has 1 atom stereocenters. The Balaban J connectivity index is 1.83. The topological polar surface area (TPSA) is 35.6 Å². The van der Waals surface area contributed by atoms with Crippen molar-refractivity contribution in [2.24, 2.45) is 0 Å². The van der Waals surface area contributed by atoms with Crippen LogP contribution < -0.4 is 5.32 Å². The molecule has 1 saturated heterocycles. The summed E-state index contributed by atoms with van der Waals surface area (Å²) in [5.74, 6) is 0.279. The van der Waals surface area contributed by atoms with Crippen molar-refractivity contribution < 1.29 is 4.79 Å². The number of nitrogens with zero attached hydrogens (tertiary/aromatic N) is 2. The second kappa shape index (κ2) is 8.91. The summed E-state index contributed by atoms with van der Waals surface area (Å²) in [6, 6.07) is 11.0. The zero-order valence-corrected chi connectivity index (χ0v) is 13.9. The number of likely N-dealkylation sites (N-methyl/N-ethyl adjacent to an activating group) is 1. The number of nitrogens with one attached hydrogen (secondary N) is 1. The van der Waals surface area contributed by atoms with E-state index in [4.69, 9.17) is 0 Å². The molecule has 1 fully saturated rings. The maximum atomic E-state index is 12.3. The van der Waals surface area contributed by atoms with Crippen molar-refractivity contribution in [3.05, 3.63) is 35.9 Å². The van der Waals surface area contributed by atoms with Gasteiger partial charge in [0.15, 0.2) is 0 Å². The predicted molar refractivity (Wildman–Crippen MR) is 90.7 cm³/mol. The molecule has 1 heterocycles. The van der Waals surface area contributed by atoms with E-state index in [-0.39, 0.29) is 5.91 Å². The van der Waals surface area contributed by atoms with Crippen molar-refractivity contribution in [1.82, 2.24) is 15.1 Å². The molecule has 2 rings (SSSR count). The number of piperidine rings is 1.